The third-order valence-corrected chi connectivity index (χ3v) is 3.43. The Hall–Kier alpha value is -2.88. The molecule has 1 saturated heterocycles. The van der Waals surface area contributed by atoms with Crippen molar-refractivity contribution in [3.63, 3.8) is 0 Å². The van der Waals surface area contributed by atoms with Gasteiger partial charge in [0.2, 0.25) is 17.5 Å². The highest BCUT2D eigenvalue weighted by Crippen LogP contribution is 2.30. The molecule has 1 aliphatic heterocycles. The summed E-state index contributed by atoms with van der Waals surface area (Å²) < 4.78 is 5.70. The van der Waals surface area contributed by atoms with Crippen LogP contribution in [0.2, 0.25) is 0 Å². The average Bonchev–Trinajstić information content (AvgIpc) is 3.16. The molecule has 7 nitrogen and oxygen atoms in total. The first kappa shape index (κ1) is 13.1. The van der Waals surface area contributed by atoms with E-state index in [0.29, 0.717) is 17.3 Å². The summed E-state index contributed by atoms with van der Waals surface area (Å²) in [6, 6.07) is 7.95. The number of aromatic nitrogens is 1. The Bertz CT molecular complexity index is 709. The van der Waals surface area contributed by atoms with E-state index in [1.165, 1.54) is 12.1 Å². The molecule has 3 rings (SSSR count). The van der Waals surface area contributed by atoms with E-state index in [1.54, 1.807) is 12.1 Å². The summed E-state index contributed by atoms with van der Waals surface area (Å²) in [6.07, 6.45) is 2.14. The molecule has 0 N–H and O–H groups in total. The largest absolute Gasteiger partial charge is 0.419 e. The SMILES string of the molecule is N#Cc1nc(-c2ccc([N+](=O)[O-])cc2)oc1N1CCCC1. The second-order valence-electron chi connectivity index (χ2n) is 4.78. The Morgan fingerprint density at radius 1 is 1.29 bits per heavy atom. The number of non-ortho nitro benzene ring substituents is 1. The number of oxazole rings is 1. The van der Waals surface area contributed by atoms with Crippen LogP contribution in [0.25, 0.3) is 11.5 Å². The van der Waals surface area contributed by atoms with Crippen LogP contribution in [0.4, 0.5) is 11.6 Å². The number of hydrogen-bond acceptors (Lipinski definition) is 6. The second kappa shape index (κ2) is 5.25. The van der Waals surface area contributed by atoms with Gasteiger partial charge in [-0.15, -0.1) is 0 Å². The molecule has 1 fully saturated rings. The summed E-state index contributed by atoms with van der Waals surface area (Å²) >= 11 is 0. The smallest absolute Gasteiger partial charge is 0.269 e. The van der Waals surface area contributed by atoms with Crippen LogP contribution in [0.15, 0.2) is 28.7 Å². The van der Waals surface area contributed by atoms with Crippen molar-refractivity contribution in [2.24, 2.45) is 0 Å². The first-order chi connectivity index (χ1) is 10.2. The van der Waals surface area contributed by atoms with Crippen LogP contribution in [0.1, 0.15) is 18.5 Å². The Balaban J connectivity index is 1.95. The first-order valence-electron chi connectivity index (χ1n) is 6.60. The van der Waals surface area contributed by atoms with E-state index in [1.807, 2.05) is 11.0 Å². The number of rotatable bonds is 3. The molecule has 1 aromatic carbocycles. The lowest BCUT2D eigenvalue weighted by atomic mass is 10.2. The molecule has 7 heteroatoms. The molecule has 1 aromatic heterocycles. The highest BCUT2D eigenvalue weighted by Gasteiger charge is 2.23. The number of anilines is 1. The second-order valence-corrected chi connectivity index (χ2v) is 4.78. The molecule has 106 valence electrons. The van der Waals surface area contributed by atoms with Gasteiger partial charge < -0.3 is 9.32 Å². The maximum atomic E-state index is 10.6. The maximum Gasteiger partial charge on any atom is 0.269 e. The Kier molecular flexibility index (Phi) is 3.28. The zero-order valence-corrected chi connectivity index (χ0v) is 11.2. The minimum absolute atomic E-state index is 0.00517. The average molecular weight is 284 g/mol. The van der Waals surface area contributed by atoms with Crippen molar-refractivity contribution in [1.82, 2.24) is 4.98 Å². The van der Waals surface area contributed by atoms with E-state index in [2.05, 4.69) is 4.98 Å². The van der Waals surface area contributed by atoms with Gasteiger partial charge >= 0.3 is 0 Å². The summed E-state index contributed by atoms with van der Waals surface area (Å²) in [5, 5.41) is 19.8. The van der Waals surface area contributed by atoms with Gasteiger partial charge in [-0.05, 0) is 25.0 Å². The van der Waals surface area contributed by atoms with E-state index in [-0.39, 0.29) is 11.4 Å². The third kappa shape index (κ3) is 2.43. The first-order valence-corrected chi connectivity index (χ1v) is 6.60. The van der Waals surface area contributed by atoms with Crippen molar-refractivity contribution in [3.05, 3.63) is 40.1 Å². The fourth-order valence-electron chi connectivity index (χ4n) is 2.37. The number of nitro groups is 1. The van der Waals surface area contributed by atoms with Gasteiger partial charge in [0.15, 0.2) is 0 Å². The van der Waals surface area contributed by atoms with E-state index in [9.17, 15) is 10.1 Å². The van der Waals surface area contributed by atoms with Gasteiger partial charge in [0.25, 0.3) is 5.69 Å². The maximum absolute atomic E-state index is 10.6. The fourth-order valence-corrected chi connectivity index (χ4v) is 2.37. The van der Waals surface area contributed by atoms with Crippen molar-refractivity contribution in [2.45, 2.75) is 12.8 Å². The van der Waals surface area contributed by atoms with E-state index >= 15 is 0 Å². The lowest BCUT2D eigenvalue weighted by Gasteiger charge is -2.12. The lowest BCUT2D eigenvalue weighted by Crippen LogP contribution is -2.17. The summed E-state index contributed by atoms with van der Waals surface area (Å²) in [7, 11) is 0. The molecule has 0 spiro atoms. The standard InChI is InChI=1S/C14H12N4O3/c15-9-12-14(17-7-1-2-8-17)21-13(16-12)10-3-5-11(6-4-10)18(19)20/h3-6H,1-2,7-8H2. The normalized spacial score (nSPS) is 14.1. The highest BCUT2D eigenvalue weighted by atomic mass is 16.6. The Morgan fingerprint density at radius 2 is 1.95 bits per heavy atom. The molecule has 0 amide bonds. The monoisotopic (exact) mass is 284 g/mol. The molecule has 0 unspecified atom stereocenters. The predicted octanol–water partition coefficient (Wildman–Crippen LogP) is 2.72. The summed E-state index contributed by atoms with van der Waals surface area (Å²) in [4.78, 5) is 16.4. The van der Waals surface area contributed by atoms with E-state index < -0.39 is 4.92 Å². The van der Waals surface area contributed by atoms with Crippen molar-refractivity contribution in [2.75, 3.05) is 18.0 Å². The summed E-state index contributed by atoms with van der Waals surface area (Å²) in [6.45, 7) is 1.70. The molecular formula is C14H12N4O3. The van der Waals surface area contributed by atoms with Crippen molar-refractivity contribution < 1.29 is 9.34 Å². The number of benzene rings is 1. The van der Waals surface area contributed by atoms with Crippen molar-refractivity contribution in [3.8, 4) is 17.5 Å². The summed E-state index contributed by atoms with van der Waals surface area (Å²) in [5.41, 5.74) is 0.873. The Labute approximate surface area is 120 Å². The van der Waals surface area contributed by atoms with Gasteiger partial charge in [-0.2, -0.15) is 10.2 Å². The number of nitriles is 1. The predicted molar refractivity (Wildman–Crippen MR) is 74.8 cm³/mol. The molecule has 2 aromatic rings. The van der Waals surface area contributed by atoms with Crippen LogP contribution in [0.3, 0.4) is 0 Å². The summed E-state index contributed by atoms with van der Waals surface area (Å²) in [5.74, 6) is 0.798. The molecule has 1 aliphatic rings. The minimum atomic E-state index is -0.463. The van der Waals surface area contributed by atoms with Crippen molar-refractivity contribution in [1.29, 1.82) is 5.26 Å². The van der Waals surface area contributed by atoms with Crippen LogP contribution in [0.5, 0.6) is 0 Å². The van der Waals surface area contributed by atoms with Crippen LogP contribution in [-0.4, -0.2) is 23.0 Å². The van der Waals surface area contributed by atoms with Crippen LogP contribution >= 0.6 is 0 Å². The van der Waals surface area contributed by atoms with E-state index in [0.717, 1.165) is 25.9 Å². The minimum Gasteiger partial charge on any atom is -0.419 e. The van der Waals surface area contributed by atoms with Gasteiger partial charge in [0.1, 0.15) is 6.07 Å². The zero-order chi connectivity index (χ0) is 14.8. The molecule has 0 bridgehead atoms. The number of nitro benzene ring substituents is 1. The number of nitrogens with zero attached hydrogens (tertiary/aromatic N) is 4. The molecular weight excluding hydrogens is 272 g/mol. The Morgan fingerprint density at radius 3 is 2.52 bits per heavy atom. The van der Waals surface area contributed by atoms with Gasteiger partial charge in [0.05, 0.1) is 4.92 Å². The lowest BCUT2D eigenvalue weighted by molar-refractivity contribution is -0.384. The van der Waals surface area contributed by atoms with Crippen LogP contribution in [0, 0.1) is 21.4 Å². The topological polar surface area (TPSA) is 96.2 Å². The van der Waals surface area contributed by atoms with E-state index in [4.69, 9.17) is 9.68 Å². The fraction of sp³-hybridized carbons (Fsp3) is 0.286. The molecule has 0 radical (unpaired) electrons. The number of hydrogen-bond donors (Lipinski definition) is 0. The molecule has 0 saturated carbocycles. The van der Waals surface area contributed by atoms with Crippen LogP contribution in [-0.2, 0) is 0 Å². The highest BCUT2D eigenvalue weighted by molar-refractivity contribution is 5.61. The van der Waals surface area contributed by atoms with Crippen LogP contribution < -0.4 is 4.90 Å². The van der Waals surface area contributed by atoms with Gasteiger partial charge in [0, 0.05) is 30.8 Å². The van der Waals surface area contributed by atoms with Crippen molar-refractivity contribution >= 4 is 11.6 Å². The van der Waals surface area contributed by atoms with Gasteiger partial charge in [-0.3, -0.25) is 10.1 Å². The molecule has 21 heavy (non-hydrogen) atoms. The van der Waals surface area contributed by atoms with Gasteiger partial charge in [-0.25, -0.2) is 0 Å². The molecule has 2 heterocycles. The quantitative estimate of drug-likeness (QED) is 0.635. The zero-order valence-electron chi connectivity index (χ0n) is 11.2. The molecule has 0 aliphatic carbocycles. The third-order valence-electron chi connectivity index (χ3n) is 3.43. The van der Waals surface area contributed by atoms with Gasteiger partial charge in [-0.1, -0.05) is 0 Å². The molecule has 0 atom stereocenters.